The lowest BCUT2D eigenvalue weighted by Gasteiger charge is -2.35. The Morgan fingerprint density at radius 1 is 1.05 bits per heavy atom. The predicted molar refractivity (Wildman–Crippen MR) is 131 cm³/mol. The van der Waals surface area contributed by atoms with Gasteiger partial charge in [0.1, 0.15) is 16.4 Å². The number of aliphatic hydroxyl groups excluding tert-OH is 1. The molecule has 4 N–H and O–H groups in total. The van der Waals surface area contributed by atoms with Crippen molar-refractivity contribution in [2.24, 2.45) is 5.73 Å². The van der Waals surface area contributed by atoms with Crippen LogP contribution in [-0.2, 0) is 13.2 Å². The van der Waals surface area contributed by atoms with E-state index in [4.69, 9.17) is 15.9 Å². The van der Waals surface area contributed by atoms with Crippen molar-refractivity contribution >= 4 is 29.0 Å². The minimum absolute atomic E-state index is 0.0141. The van der Waals surface area contributed by atoms with Crippen molar-refractivity contribution in [3.8, 4) is 5.75 Å². The molecule has 1 aliphatic rings. The van der Waals surface area contributed by atoms with Crippen molar-refractivity contribution in [3.05, 3.63) is 75.6 Å². The first-order valence-electron chi connectivity index (χ1n) is 11.1. The molecule has 1 aromatic carbocycles. The van der Waals surface area contributed by atoms with Crippen LogP contribution >= 0.6 is 11.3 Å². The summed E-state index contributed by atoms with van der Waals surface area (Å²) in [5.74, 6) is -1.48. The molecule has 13 heteroatoms. The van der Waals surface area contributed by atoms with Gasteiger partial charge in [0.2, 0.25) is 0 Å². The third kappa shape index (κ3) is 8.44. The largest absolute Gasteiger partial charge is 0.573 e. The number of carbonyl (C=O) groups is 2. The third-order valence-corrected chi connectivity index (χ3v) is 6.38. The number of thiophene rings is 1. The summed E-state index contributed by atoms with van der Waals surface area (Å²) in [5.41, 5.74) is 5.36. The van der Waals surface area contributed by atoms with Gasteiger partial charge in [0.05, 0.1) is 12.2 Å². The lowest BCUT2D eigenvalue weighted by molar-refractivity contribution is -0.274. The highest BCUT2D eigenvalue weighted by Gasteiger charge is 2.32. The summed E-state index contributed by atoms with van der Waals surface area (Å²) in [6.07, 6.45) is -3.12. The molecule has 0 aliphatic carbocycles. The maximum Gasteiger partial charge on any atom is 0.573 e. The van der Waals surface area contributed by atoms with Gasteiger partial charge in [0, 0.05) is 43.8 Å². The number of pyridine rings is 1. The fourth-order valence-corrected chi connectivity index (χ4v) is 4.40. The van der Waals surface area contributed by atoms with Crippen LogP contribution in [0.3, 0.4) is 0 Å². The molecule has 3 aromatic rings. The molecule has 1 fully saturated rings. The lowest BCUT2D eigenvalue weighted by atomic mass is 10.2. The molecule has 198 valence electrons. The summed E-state index contributed by atoms with van der Waals surface area (Å²) < 4.78 is 39.0. The number of para-hydroxylation sites is 1. The Kier molecular flexibility index (Phi) is 9.44. The van der Waals surface area contributed by atoms with Gasteiger partial charge in [-0.2, -0.15) is 0 Å². The van der Waals surface area contributed by atoms with Crippen molar-refractivity contribution in [1.82, 2.24) is 9.88 Å². The average Bonchev–Trinajstić information content (AvgIpc) is 3.33. The van der Waals surface area contributed by atoms with Crippen LogP contribution in [0.5, 0.6) is 5.75 Å². The molecule has 0 radical (unpaired) electrons. The summed E-state index contributed by atoms with van der Waals surface area (Å²) in [6, 6.07) is 12.3. The second-order valence-corrected chi connectivity index (χ2v) is 9.09. The molecule has 3 heterocycles. The van der Waals surface area contributed by atoms with Crippen molar-refractivity contribution in [3.63, 3.8) is 0 Å². The number of aromatic nitrogens is 1. The molecule has 1 amide bonds. The number of halogens is 3. The quantitative estimate of drug-likeness (QED) is 0.418. The lowest BCUT2D eigenvalue weighted by Crippen LogP contribution is -2.46. The van der Waals surface area contributed by atoms with E-state index < -0.39 is 24.0 Å². The van der Waals surface area contributed by atoms with Crippen molar-refractivity contribution in [2.45, 2.75) is 19.5 Å². The van der Waals surface area contributed by atoms with Gasteiger partial charge in [0.15, 0.2) is 0 Å². The van der Waals surface area contributed by atoms with Crippen LogP contribution in [0.4, 0.5) is 19.0 Å². The van der Waals surface area contributed by atoms with E-state index in [2.05, 4.69) is 19.5 Å². The van der Waals surface area contributed by atoms with Crippen LogP contribution < -0.4 is 15.4 Å². The number of hydrogen-bond donors (Lipinski definition) is 3. The standard InChI is InChI=1S/C16H19N3O3S.C8H6F3NO2/c20-11-12-1-4-15(17-9-12)19-7-5-18(6-8-19)10-13-2-3-14(23-13)16(21)22;9-8(10,11)14-6-4-2-1-3-5(6)7(12)13/h1-4,9,20H,5-8,10-11H2,(H,21,22);1-4H,(H2,12,13). The molecule has 2 aromatic heterocycles. The summed E-state index contributed by atoms with van der Waals surface area (Å²) in [4.78, 5) is 32.0. The molecule has 0 saturated carbocycles. The van der Waals surface area contributed by atoms with E-state index in [9.17, 15) is 22.8 Å². The Morgan fingerprint density at radius 3 is 2.30 bits per heavy atom. The summed E-state index contributed by atoms with van der Waals surface area (Å²) in [5, 5.41) is 18.0. The first-order valence-corrected chi connectivity index (χ1v) is 11.9. The minimum Gasteiger partial charge on any atom is -0.477 e. The highest BCUT2D eigenvalue weighted by molar-refractivity contribution is 7.13. The Morgan fingerprint density at radius 2 is 1.76 bits per heavy atom. The fourth-order valence-electron chi connectivity index (χ4n) is 3.51. The number of benzene rings is 1. The first-order chi connectivity index (χ1) is 17.6. The van der Waals surface area contributed by atoms with E-state index in [-0.39, 0.29) is 12.2 Å². The number of anilines is 1. The number of carboxylic acids is 1. The van der Waals surface area contributed by atoms with Crippen molar-refractivity contribution < 1.29 is 37.7 Å². The first kappa shape index (κ1) is 27.9. The number of nitrogens with zero attached hydrogens (tertiary/aromatic N) is 3. The molecule has 0 bridgehead atoms. The van der Waals surface area contributed by atoms with Gasteiger partial charge in [-0.05, 0) is 35.9 Å². The molecule has 4 rings (SSSR count). The SMILES string of the molecule is NC(=O)c1ccccc1OC(F)(F)F.O=C(O)c1ccc(CN2CCN(c3ccc(CO)cn3)CC2)s1. The van der Waals surface area contributed by atoms with Crippen LogP contribution in [0, 0.1) is 0 Å². The molecular weight excluding hydrogens is 513 g/mol. The molecule has 9 nitrogen and oxygen atoms in total. The highest BCUT2D eigenvalue weighted by Crippen LogP contribution is 2.25. The molecule has 1 saturated heterocycles. The van der Waals surface area contributed by atoms with Crippen LogP contribution in [0.1, 0.15) is 30.5 Å². The van der Waals surface area contributed by atoms with Gasteiger partial charge in [-0.25, -0.2) is 9.78 Å². The molecule has 0 unspecified atom stereocenters. The molecule has 1 aliphatic heterocycles. The van der Waals surface area contributed by atoms with Gasteiger partial charge in [-0.1, -0.05) is 18.2 Å². The zero-order chi connectivity index (χ0) is 27.0. The fraction of sp³-hybridized carbons (Fsp3) is 0.292. The summed E-state index contributed by atoms with van der Waals surface area (Å²) in [7, 11) is 0. The summed E-state index contributed by atoms with van der Waals surface area (Å²) >= 11 is 1.35. The second-order valence-electron chi connectivity index (χ2n) is 7.93. The van der Waals surface area contributed by atoms with Crippen molar-refractivity contribution in [2.75, 3.05) is 31.1 Å². The van der Waals surface area contributed by atoms with Gasteiger partial charge in [-0.15, -0.1) is 24.5 Å². The number of carboxylic acid groups (broad SMARTS) is 1. The zero-order valence-corrected chi connectivity index (χ0v) is 20.3. The minimum atomic E-state index is -4.83. The maximum atomic E-state index is 11.8. The molecule has 0 atom stereocenters. The third-order valence-electron chi connectivity index (χ3n) is 5.32. The number of piperazine rings is 1. The van der Waals surface area contributed by atoms with Gasteiger partial charge >= 0.3 is 12.3 Å². The topological polar surface area (TPSA) is 129 Å². The van der Waals surface area contributed by atoms with Crippen molar-refractivity contribution in [1.29, 1.82) is 0 Å². The number of hydrogen-bond acceptors (Lipinski definition) is 8. The van der Waals surface area contributed by atoms with Gasteiger partial charge < -0.3 is 25.6 Å². The number of carbonyl (C=O) groups excluding carboxylic acids is 1. The zero-order valence-electron chi connectivity index (χ0n) is 19.5. The Hall–Kier alpha value is -3.68. The average molecular weight is 539 g/mol. The number of aliphatic hydroxyl groups is 1. The van der Waals surface area contributed by atoms with Crippen LogP contribution in [0.25, 0.3) is 0 Å². The van der Waals surface area contributed by atoms with E-state index in [1.54, 1.807) is 12.3 Å². The number of rotatable bonds is 7. The Labute approximate surface area is 214 Å². The Balaban J connectivity index is 0.000000233. The van der Waals surface area contributed by atoms with Crippen LogP contribution in [0.15, 0.2) is 54.7 Å². The van der Waals surface area contributed by atoms with Gasteiger partial charge in [-0.3, -0.25) is 9.69 Å². The van der Waals surface area contributed by atoms with E-state index in [0.717, 1.165) is 61.1 Å². The van der Waals surface area contributed by atoms with E-state index in [1.165, 1.54) is 23.5 Å². The predicted octanol–water partition coefficient (Wildman–Crippen LogP) is 3.34. The van der Waals surface area contributed by atoms with E-state index in [0.29, 0.717) is 4.88 Å². The maximum absolute atomic E-state index is 11.8. The molecular formula is C24H25F3N4O5S. The summed E-state index contributed by atoms with van der Waals surface area (Å²) in [6.45, 7) is 4.43. The van der Waals surface area contributed by atoms with Crippen LogP contribution in [-0.4, -0.2) is 64.5 Å². The number of nitrogens with two attached hydrogens (primary N) is 1. The molecule has 0 spiro atoms. The number of amides is 1. The van der Waals surface area contributed by atoms with Gasteiger partial charge in [0.25, 0.3) is 5.91 Å². The monoisotopic (exact) mass is 538 g/mol. The number of aromatic carboxylic acids is 1. The smallest absolute Gasteiger partial charge is 0.477 e. The number of ether oxygens (including phenoxy) is 1. The highest BCUT2D eigenvalue weighted by atomic mass is 32.1. The van der Waals surface area contributed by atoms with E-state index in [1.807, 2.05) is 18.2 Å². The molecule has 37 heavy (non-hydrogen) atoms. The normalized spacial score (nSPS) is 14.0. The number of alkyl halides is 3. The van der Waals surface area contributed by atoms with E-state index >= 15 is 0 Å². The Bertz CT molecular complexity index is 1200. The van der Waals surface area contributed by atoms with Crippen LogP contribution in [0.2, 0.25) is 0 Å². The number of primary amides is 1. The second kappa shape index (κ2) is 12.5.